The molecule has 2 saturated carbocycles. The number of methoxy groups -OCH3 is 1. The number of ketones is 1. The summed E-state index contributed by atoms with van der Waals surface area (Å²) in [5, 5.41) is 0. The molecule has 0 unspecified atom stereocenters. The van der Waals surface area contributed by atoms with E-state index in [-0.39, 0.29) is 6.10 Å². The number of ether oxygens (including phenoxy) is 1. The molecule has 0 radical (unpaired) electrons. The van der Waals surface area contributed by atoms with E-state index >= 15 is 0 Å². The Kier molecular flexibility index (Phi) is 2.18. The van der Waals surface area contributed by atoms with Crippen LogP contribution in [0.1, 0.15) is 32.1 Å². The van der Waals surface area contributed by atoms with Crippen LogP contribution < -0.4 is 0 Å². The molecule has 0 aliphatic heterocycles. The largest absolute Gasteiger partial charge is 0.373 e. The minimum absolute atomic E-state index is 0.0599. The second kappa shape index (κ2) is 3.17. The van der Waals surface area contributed by atoms with E-state index in [1.807, 2.05) is 0 Å². The van der Waals surface area contributed by atoms with Crippen LogP contribution in [0, 0.1) is 11.8 Å². The molecule has 3 atom stereocenters. The molecule has 0 saturated heterocycles. The van der Waals surface area contributed by atoms with E-state index in [1.165, 1.54) is 25.7 Å². The summed E-state index contributed by atoms with van der Waals surface area (Å²) in [5.41, 5.74) is 0. The highest BCUT2D eigenvalue weighted by atomic mass is 16.5. The smallest absolute Gasteiger partial charge is 0.162 e. The zero-order chi connectivity index (χ0) is 8.55. The fourth-order valence-electron chi connectivity index (χ4n) is 2.81. The molecular weight excluding hydrogens is 152 g/mol. The lowest BCUT2D eigenvalue weighted by atomic mass is 9.81. The molecule has 2 heteroatoms. The zero-order valence-corrected chi connectivity index (χ0v) is 7.58. The first-order valence-electron chi connectivity index (χ1n) is 4.88. The molecule has 12 heavy (non-hydrogen) atoms. The summed E-state index contributed by atoms with van der Waals surface area (Å²) >= 11 is 0. The number of fused-ring (bicyclic) bond motifs is 1. The SMILES string of the molecule is CO[C@H]1C(=O)C[C@H]2CCCC[C@H]21. The monoisotopic (exact) mass is 168 g/mol. The van der Waals surface area contributed by atoms with Crippen LogP contribution in [-0.4, -0.2) is 19.0 Å². The molecule has 2 rings (SSSR count). The van der Waals surface area contributed by atoms with Crippen molar-refractivity contribution >= 4 is 5.78 Å². The van der Waals surface area contributed by atoms with Gasteiger partial charge in [-0.2, -0.15) is 0 Å². The third-order valence-electron chi connectivity index (χ3n) is 3.39. The lowest BCUT2D eigenvalue weighted by Crippen LogP contribution is -2.27. The standard InChI is InChI=1S/C10H16O2/c1-12-10-8-5-3-2-4-7(8)6-9(10)11/h7-8,10H,2-6H2,1H3/t7-,8-,10-/m1/s1. The number of carbonyl (C=O) groups is 1. The molecule has 2 aliphatic rings. The Morgan fingerprint density at radius 2 is 2.08 bits per heavy atom. The van der Waals surface area contributed by atoms with Crippen molar-refractivity contribution in [2.75, 3.05) is 7.11 Å². The van der Waals surface area contributed by atoms with Crippen LogP contribution in [0.4, 0.5) is 0 Å². The Labute approximate surface area is 73.3 Å². The van der Waals surface area contributed by atoms with Gasteiger partial charge in [0.15, 0.2) is 5.78 Å². The maximum Gasteiger partial charge on any atom is 0.162 e. The molecule has 0 aromatic carbocycles. The molecule has 0 amide bonds. The van der Waals surface area contributed by atoms with E-state index in [0.29, 0.717) is 17.6 Å². The maximum absolute atomic E-state index is 11.4. The Hall–Kier alpha value is -0.370. The quantitative estimate of drug-likeness (QED) is 0.596. The van der Waals surface area contributed by atoms with Gasteiger partial charge in [0.05, 0.1) is 0 Å². The van der Waals surface area contributed by atoms with Crippen molar-refractivity contribution in [3.05, 3.63) is 0 Å². The van der Waals surface area contributed by atoms with Gasteiger partial charge < -0.3 is 4.74 Å². The average molecular weight is 168 g/mol. The first kappa shape index (κ1) is 8.24. The van der Waals surface area contributed by atoms with Crippen molar-refractivity contribution in [2.24, 2.45) is 11.8 Å². The van der Waals surface area contributed by atoms with Crippen LogP contribution in [0.3, 0.4) is 0 Å². The van der Waals surface area contributed by atoms with E-state index in [0.717, 1.165) is 6.42 Å². The van der Waals surface area contributed by atoms with Gasteiger partial charge in [-0.1, -0.05) is 12.8 Å². The molecule has 0 N–H and O–H groups in total. The summed E-state index contributed by atoms with van der Waals surface area (Å²) in [5.74, 6) is 1.54. The van der Waals surface area contributed by atoms with Gasteiger partial charge in [0.1, 0.15) is 6.10 Å². The Bertz CT molecular complexity index is 188. The highest BCUT2D eigenvalue weighted by Crippen LogP contribution is 2.41. The number of hydrogen-bond donors (Lipinski definition) is 0. The maximum atomic E-state index is 11.4. The van der Waals surface area contributed by atoms with Gasteiger partial charge in [-0.05, 0) is 24.7 Å². The summed E-state index contributed by atoms with van der Waals surface area (Å²) in [6, 6.07) is 0. The lowest BCUT2D eigenvalue weighted by molar-refractivity contribution is -0.127. The van der Waals surface area contributed by atoms with Gasteiger partial charge in [-0.3, -0.25) is 4.79 Å². The molecule has 0 heterocycles. The third kappa shape index (κ3) is 1.18. The Balaban J connectivity index is 2.10. The molecule has 2 aliphatic carbocycles. The van der Waals surface area contributed by atoms with Crippen molar-refractivity contribution < 1.29 is 9.53 Å². The molecule has 0 aromatic rings. The lowest BCUT2D eigenvalue weighted by Gasteiger charge is -2.27. The van der Waals surface area contributed by atoms with Gasteiger partial charge in [-0.15, -0.1) is 0 Å². The molecule has 68 valence electrons. The number of carbonyl (C=O) groups excluding carboxylic acids is 1. The second-order valence-corrected chi connectivity index (χ2v) is 4.04. The highest BCUT2D eigenvalue weighted by Gasteiger charge is 2.43. The van der Waals surface area contributed by atoms with Gasteiger partial charge in [-0.25, -0.2) is 0 Å². The molecule has 2 fully saturated rings. The zero-order valence-electron chi connectivity index (χ0n) is 7.58. The fraction of sp³-hybridized carbons (Fsp3) is 0.900. The van der Waals surface area contributed by atoms with Crippen molar-refractivity contribution in [1.29, 1.82) is 0 Å². The van der Waals surface area contributed by atoms with Crippen LogP contribution >= 0.6 is 0 Å². The Morgan fingerprint density at radius 3 is 2.83 bits per heavy atom. The summed E-state index contributed by atoms with van der Waals surface area (Å²) in [4.78, 5) is 11.4. The van der Waals surface area contributed by atoms with Crippen LogP contribution in [0.15, 0.2) is 0 Å². The topological polar surface area (TPSA) is 26.3 Å². The van der Waals surface area contributed by atoms with Crippen LogP contribution in [-0.2, 0) is 9.53 Å². The van der Waals surface area contributed by atoms with Gasteiger partial charge in [0.25, 0.3) is 0 Å². The van der Waals surface area contributed by atoms with Gasteiger partial charge in [0, 0.05) is 13.5 Å². The Morgan fingerprint density at radius 1 is 1.33 bits per heavy atom. The van der Waals surface area contributed by atoms with E-state index < -0.39 is 0 Å². The first-order chi connectivity index (χ1) is 5.83. The van der Waals surface area contributed by atoms with Gasteiger partial charge in [0.2, 0.25) is 0 Å². The van der Waals surface area contributed by atoms with Crippen LogP contribution in [0.25, 0.3) is 0 Å². The van der Waals surface area contributed by atoms with E-state index in [1.54, 1.807) is 7.11 Å². The second-order valence-electron chi connectivity index (χ2n) is 4.04. The van der Waals surface area contributed by atoms with E-state index in [9.17, 15) is 4.79 Å². The van der Waals surface area contributed by atoms with Crippen LogP contribution in [0.2, 0.25) is 0 Å². The van der Waals surface area contributed by atoms with Crippen molar-refractivity contribution in [1.82, 2.24) is 0 Å². The predicted octanol–water partition coefficient (Wildman–Crippen LogP) is 1.78. The number of rotatable bonds is 1. The third-order valence-corrected chi connectivity index (χ3v) is 3.39. The predicted molar refractivity (Wildman–Crippen MR) is 45.9 cm³/mol. The minimum atomic E-state index is -0.0599. The fourth-order valence-corrected chi connectivity index (χ4v) is 2.81. The summed E-state index contributed by atoms with van der Waals surface area (Å²) in [7, 11) is 1.67. The molecule has 0 spiro atoms. The summed E-state index contributed by atoms with van der Waals surface area (Å²) < 4.78 is 5.24. The molecule has 0 bridgehead atoms. The van der Waals surface area contributed by atoms with E-state index in [4.69, 9.17) is 4.74 Å². The minimum Gasteiger partial charge on any atom is -0.373 e. The highest BCUT2D eigenvalue weighted by molar-refractivity contribution is 5.86. The number of hydrogen-bond acceptors (Lipinski definition) is 2. The molecule has 0 aromatic heterocycles. The normalized spacial score (nSPS) is 41.4. The summed E-state index contributed by atoms with van der Waals surface area (Å²) in [6.07, 6.45) is 5.77. The summed E-state index contributed by atoms with van der Waals surface area (Å²) in [6.45, 7) is 0. The number of Topliss-reactive ketones (excluding diaryl/α,β-unsaturated/α-hetero) is 1. The van der Waals surface area contributed by atoms with E-state index in [2.05, 4.69) is 0 Å². The molecular formula is C10H16O2. The van der Waals surface area contributed by atoms with Crippen molar-refractivity contribution in [3.8, 4) is 0 Å². The van der Waals surface area contributed by atoms with Crippen molar-refractivity contribution in [3.63, 3.8) is 0 Å². The van der Waals surface area contributed by atoms with Crippen LogP contribution in [0.5, 0.6) is 0 Å². The molecule has 2 nitrogen and oxygen atoms in total. The van der Waals surface area contributed by atoms with Crippen molar-refractivity contribution in [2.45, 2.75) is 38.2 Å². The average Bonchev–Trinajstić information content (AvgIpc) is 2.40. The van der Waals surface area contributed by atoms with Gasteiger partial charge >= 0.3 is 0 Å². The first-order valence-corrected chi connectivity index (χ1v) is 4.88.